The molecule has 0 bridgehead atoms. The Morgan fingerprint density at radius 2 is 1.95 bits per heavy atom. The molecule has 0 aliphatic rings. The maximum absolute atomic E-state index is 11.6. The fourth-order valence-corrected chi connectivity index (χ4v) is 1.23. The second kappa shape index (κ2) is 7.57. The number of urea groups is 1. The van der Waals surface area contributed by atoms with E-state index in [9.17, 15) is 14.4 Å². The fourth-order valence-electron chi connectivity index (χ4n) is 1.23. The zero-order chi connectivity index (χ0) is 15.1. The monoisotopic (exact) mass is 275 g/mol. The zero-order valence-electron chi connectivity index (χ0n) is 11.4. The molecule has 0 aliphatic heterocycles. The molecule has 0 aromatic carbocycles. The van der Waals surface area contributed by atoms with Gasteiger partial charge in [0.15, 0.2) is 0 Å². The van der Waals surface area contributed by atoms with Crippen molar-refractivity contribution in [3.63, 3.8) is 0 Å². The minimum Gasteiger partial charge on any atom is -0.480 e. The van der Waals surface area contributed by atoms with E-state index in [1.807, 2.05) is 0 Å². The Labute approximate surface area is 111 Å². The van der Waals surface area contributed by atoms with E-state index in [0.717, 1.165) is 0 Å². The molecule has 0 radical (unpaired) electrons. The van der Waals surface area contributed by atoms with Crippen molar-refractivity contribution in [2.75, 3.05) is 13.7 Å². The van der Waals surface area contributed by atoms with Gasteiger partial charge >= 0.3 is 12.0 Å². The quantitative estimate of drug-likeness (QED) is 0.440. The summed E-state index contributed by atoms with van der Waals surface area (Å²) >= 11 is 0. The first kappa shape index (κ1) is 17.2. The number of nitrogens with one attached hydrogen (secondary N) is 2. The van der Waals surface area contributed by atoms with E-state index >= 15 is 0 Å². The molecule has 110 valence electrons. The molecule has 5 N–H and O–H groups in total. The minimum absolute atomic E-state index is 0.230. The fraction of sp³-hybridized carbons (Fsp3) is 0.727. The summed E-state index contributed by atoms with van der Waals surface area (Å²) in [5.74, 6) is -1.86. The van der Waals surface area contributed by atoms with E-state index < -0.39 is 29.5 Å². The Morgan fingerprint density at radius 3 is 2.37 bits per heavy atom. The van der Waals surface area contributed by atoms with E-state index in [-0.39, 0.29) is 6.42 Å². The Hall–Kier alpha value is -1.83. The molecule has 8 heteroatoms. The van der Waals surface area contributed by atoms with Crippen LogP contribution in [0.2, 0.25) is 0 Å². The van der Waals surface area contributed by atoms with Gasteiger partial charge in [0.25, 0.3) is 0 Å². The van der Waals surface area contributed by atoms with E-state index in [2.05, 4.69) is 10.6 Å². The lowest BCUT2D eigenvalue weighted by Crippen LogP contribution is -2.57. The molecule has 0 saturated heterocycles. The van der Waals surface area contributed by atoms with Gasteiger partial charge in [-0.15, -0.1) is 0 Å². The van der Waals surface area contributed by atoms with Gasteiger partial charge in [-0.05, 0) is 26.7 Å². The van der Waals surface area contributed by atoms with Crippen molar-refractivity contribution in [1.82, 2.24) is 10.6 Å². The van der Waals surface area contributed by atoms with Crippen molar-refractivity contribution in [1.29, 1.82) is 0 Å². The van der Waals surface area contributed by atoms with Crippen LogP contribution < -0.4 is 16.4 Å². The van der Waals surface area contributed by atoms with E-state index in [1.54, 1.807) is 0 Å². The van der Waals surface area contributed by atoms with Crippen LogP contribution in [0.3, 0.4) is 0 Å². The number of carboxylic acid groups (broad SMARTS) is 1. The van der Waals surface area contributed by atoms with E-state index in [1.165, 1.54) is 21.0 Å². The van der Waals surface area contributed by atoms with Crippen LogP contribution in [0.15, 0.2) is 0 Å². The molecular weight excluding hydrogens is 254 g/mol. The molecule has 0 spiro atoms. The topological polar surface area (TPSA) is 131 Å². The van der Waals surface area contributed by atoms with Crippen molar-refractivity contribution in [2.45, 2.75) is 38.3 Å². The van der Waals surface area contributed by atoms with E-state index in [0.29, 0.717) is 13.0 Å². The molecule has 0 aromatic rings. The molecule has 0 rings (SSSR count). The summed E-state index contributed by atoms with van der Waals surface area (Å²) in [5.41, 5.74) is 3.84. The average molecular weight is 275 g/mol. The lowest BCUT2D eigenvalue weighted by Gasteiger charge is -2.24. The third kappa shape index (κ3) is 6.61. The molecule has 19 heavy (non-hydrogen) atoms. The number of rotatable bonds is 8. The molecule has 0 heterocycles. The first-order chi connectivity index (χ1) is 8.70. The number of methoxy groups -OCH3 is 1. The van der Waals surface area contributed by atoms with Gasteiger partial charge in [-0.2, -0.15) is 0 Å². The molecule has 0 aromatic heterocycles. The standard InChI is InChI=1S/C11H21N3O5/c1-11(2,9(12)17)14-10(18)13-7(8(15)16)5-4-6-19-3/h7H,4-6H2,1-3H3,(H2,12,17)(H,15,16)(H2,13,14,18). The van der Waals surface area contributed by atoms with Crippen LogP contribution in [0.4, 0.5) is 4.79 Å². The van der Waals surface area contributed by atoms with Crippen LogP contribution >= 0.6 is 0 Å². The van der Waals surface area contributed by atoms with Gasteiger partial charge in [-0.3, -0.25) is 4.79 Å². The summed E-state index contributed by atoms with van der Waals surface area (Å²) in [6.45, 7) is 3.26. The zero-order valence-corrected chi connectivity index (χ0v) is 11.4. The van der Waals surface area contributed by atoms with Crippen molar-refractivity contribution >= 4 is 17.9 Å². The Balaban J connectivity index is 4.40. The van der Waals surface area contributed by atoms with Crippen molar-refractivity contribution in [2.24, 2.45) is 5.73 Å². The highest BCUT2D eigenvalue weighted by molar-refractivity contribution is 5.90. The number of carbonyl (C=O) groups excluding carboxylic acids is 2. The van der Waals surface area contributed by atoms with Crippen molar-refractivity contribution in [3.05, 3.63) is 0 Å². The number of hydrogen-bond donors (Lipinski definition) is 4. The number of nitrogens with two attached hydrogens (primary N) is 1. The molecule has 1 unspecified atom stereocenters. The number of amides is 3. The first-order valence-electron chi connectivity index (χ1n) is 5.81. The van der Waals surface area contributed by atoms with Gasteiger partial charge in [-0.1, -0.05) is 0 Å². The predicted molar refractivity (Wildman–Crippen MR) is 67.5 cm³/mol. The van der Waals surface area contributed by atoms with Crippen LogP contribution in [0, 0.1) is 0 Å². The Morgan fingerprint density at radius 1 is 1.37 bits per heavy atom. The number of ether oxygens (including phenoxy) is 1. The van der Waals surface area contributed by atoms with Gasteiger partial charge in [0.2, 0.25) is 5.91 Å². The van der Waals surface area contributed by atoms with E-state index in [4.69, 9.17) is 15.6 Å². The first-order valence-corrected chi connectivity index (χ1v) is 5.81. The highest BCUT2D eigenvalue weighted by Crippen LogP contribution is 2.02. The third-order valence-corrected chi connectivity index (χ3v) is 2.49. The lowest BCUT2D eigenvalue weighted by molar-refractivity contribution is -0.139. The summed E-state index contributed by atoms with van der Waals surface area (Å²) in [4.78, 5) is 33.6. The van der Waals surface area contributed by atoms with Gasteiger partial charge in [0.05, 0.1) is 0 Å². The predicted octanol–water partition coefficient (Wildman–Crippen LogP) is -0.571. The lowest BCUT2D eigenvalue weighted by atomic mass is 10.1. The minimum atomic E-state index is -1.25. The van der Waals surface area contributed by atoms with Crippen LogP contribution in [0.1, 0.15) is 26.7 Å². The average Bonchev–Trinajstić information content (AvgIpc) is 2.26. The third-order valence-electron chi connectivity index (χ3n) is 2.49. The normalized spacial score (nSPS) is 12.6. The van der Waals surface area contributed by atoms with Crippen molar-refractivity contribution in [3.8, 4) is 0 Å². The molecular formula is C11H21N3O5. The number of hydrogen-bond acceptors (Lipinski definition) is 4. The molecule has 1 atom stereocenters. The molecule has 8 nitrogen and oxygen atoms in total. The summed E-state index contributed by atoms with van der Waals surface area (Å²) < 4.78 is 4.81. The summed E-state index contributed by atoms with van der Waals surface area (Å²) in [6.07, 6.45) is 0.723. The second-order valence-electron chi connectivity index (χ2n) is 4.61. The molecule has 0 saturated carbocycles. The number of carbonyl (C=O) groups is 3. The van der Waals surface area contributed by atoms with Gasteiger partial charge in [-0.25, -0.2) is 9.59 Å². The Bertz CT molecular complexity index is 343. The highest BCUT2D eigenvalue weighted by atomic mass is 16.5. The SMILES string of the molecule is COCCCC(NC(=O)NC(C)(C)C(N)=O)C(=O)O. The largest absolute Gasteiger partial charge is 0.480 e. The molecule has 0 aliphatic carbocycles. The van der Waals surface area contributed by atoms with Gasteiger partial charge in [0.1, 0.15) is 11.6 Å². The number of primary amides is 1. The second-order valence-corrected chi connectivity index (χ2v) is 4.61. The van der Waals surface area contributed by atoms with Crippen LogP contribution in [-0.4, -0.2) is 48.3 Å². The highest BCUT2D eigenvalue weighted by Gasteiger charge is 2.28. The number of aliphatic carboxylic acids is 1. The number of carboxylic acids is 1. The van der Waals surface area contributed by atoms with Crippen molar-refractivity contribution < 1.29 is 24.2 Å². The maximum Gasteiger partial charge on any atom is 0.326 e. The van der Waals surface area contributed by atoms with Gasteiger partial charge < -0.3 is 26.2 Å². The van der Waals surface area contributed by atoms with Crippen LogP contribution in [-0.2, 0) is 14.3 Å². The van der Waals surface area contributed by atoms with Crippen LogP contribution in [0.25, 0.3) is 0 Å². The molecule has 0 fully saturated rings. The smallest absolute Gasteiger partial charge is 0.326 e. The molecule has 3 amide bonds. The van der Waals surface area contributed by atoms with Gasteiger partial charge in [0, 0.05) is 13.7 Å². The summed E-state index contributed by atoms with van der Waals surface area (Å²) in [7, 11) is 1.51. The maximum atomic E-state index is 11.6. The Kier molecular flexibility index (Phi) is 6.84. The summed E-state index contributed by atoms with van der Waals surface area (Å²) in [5, 5.41) is 13.5. The van der Waals surface area contributed by atoms with Crippen LogP contribution in [0.5, 0.6) is 0 Å². The summed E-state index contributed by atoms with van der Waals surface area (Å²) in [6, 6.07) is -1.80.